The third kappa shape index (κ3) is 4.36. The molecule has 2 aromatic rings. The van der Waals surface area contributed by atoms with Crippen LogP contribution < -0.4 is 11.1 Å². The van der Waals surface area contributed by atoms with Gasteiger partial charge in [0.25, 0.3) is 0 Å². The van der Waals surface area contributed by atoms with E-state index in [1.165, 1.54) is 0 Å². The Balaban J connectivity index is 0.00000208. The highest BCUT2D eigenvalue weighted by Crippen LogP contribution is 2.20. The molecule has 0 unspecified atom stereocenters. The van der Waals surface area contributed by atoms with Gasteiger partial charge in [-0.25, -0.2) is 4.98 Å². The molecule has 0 spiro atoms. The average molecular weight is 416 g/mol. The van der Waals surface area contributed by atoms with E-state index in [0.29, 0.717) is 38.5 Å². The maximum atomic E-state index is 12.5. The predicted octanol–water partition coefficient (Wildman–Crippen LogP) is 2.56. The smallest absolute Gasteiger partial charge is 0.246 e. The first-order chi connectivity index (χ1) is 11.1. The number of nitrogens with two attached hydrogens (primary N) is 1. The Hall–Kier alpha value is -1.41. The number of halogens is 2. The molecule has 0 atom stereocenters. The fourth-order valence-corrected chi connectivity index (χ4v) is 2.80. The van der Waals surface area contributed by atoms with E-state index in [1.54, 1.807) is 6.20 Å². The van der Waals surface area contributed by atoms with Gasteiger partial charge in [-0.15, -0.1) is 12.4 Å². The van der Waals surface area contributed by atoms with Crippen molar-refractivity contribution in [2.24, 2.45) is 5.73 Å². The van der Waals surface area contributed by atoms with E-state index in [4.69, 9.17) is 10.5 Å². The summed E-state index contributed by atoms with van der Waals surface area (Å²) in [5, 5.41) is 2.86. The number of imidazole rings is 1. The van der Waals surface area contributed by atoms with Crippen molar-refractivity contribution in [2.45, 2.75) is 24.9 Å². The van der Waals surface area contributed by atoms with Gasteiger partial charge in [-0.3, -0.25) is 10.1 Å². The van der Waals surface area contributed by atoms with Crippen molar-refractivity contribution < 1.29 is 9.53 Å². The van der Waals surface area contributed by atoms with Gasteiger partial charge < -0.3 is 15.0 Å². The van der Waals surface area contributed by atoms with Crippen molar-refractivity contribution in [3.63, 3.8) is 0 Å². The molecule has 2 heterocycles. The van der Waals surface area contributed by atoms with Crippen LogP contribution in [0, 0.1) is 0 Å². The van der Waals surface area contributed by atoms with Crippen LogP contribution in [0.2, 0.25) is 0 Å². The number of hydrogen-bond donors (Lipinski definition) is 2. The molecular formula is C16H20BrClN4O2. The lowest BCUT2D eigenvalue weighted by atomic mass is 9.90. The van der Waals surface area contributed by atoms with Gasteiger partial charge in [-0.05, 0) is 30.5 Å². The van der Waals surface area contributed by atoms with Crippen LogP contribution in [-0.2, 0) is 16.1 Å². The summed E-state index contributed by atoms with van der Waals surface area (Å²) in [6.45, 7) is 1.65. The van der Waals surface area contributed by atoms with E-state index in [-0.39, 0.29) is 18.3 Å². The number of nitrogens with zero attached hydrogens (tertiary/aromatic N) is 2. The maximum absolute atomic E-state index is 12.5. The summed E-state index contributed by atoms with van der Waals surface area (Å²) in [6, 6.07) is 8.03. The quantitative estimate of drug-likeness (QED) is 0.804. The molecule has 130 valence electrons. The second-order valence-electron chi connectivity index (χ2n) is 5.73. The molecule has 0 saturated carbocycles. The van der Waals surface area contributed by atoms with Gasteiger partial charge in [-0.2, -0.15) is 0 Å². The number of benzene rings is 1. The average Bonchev–Trinajstić information content (AvgIpc) is 2.97. The fraction of sp³-hybridized carbons (Fsp3) is 0.375. The first-order valence-electron chi connectivity index (χ1n) is 7.50. The van der Waals surface area contributed by atoms with E-state index < -0.39 is 5.54 Å². The molecule has 6 nitrogen and oxygen atoms in total. The predicted molar refractivity (Wildman–Crippen MR) is 98.3 cm³/mol. The van der Waals surface area contributed by atoms with Crippen molar-refractivity contribution in [2.75, 3.05) is 18.5 Å². The monoisotopic (exact) mass is 414 g/mol. The van der Waals surface area contributed by atoms with Crippen molar-refractivity contribution >= 4 is 40.2 Å². The zero-order chi connectivity index (χ0) is 16.3. The lowest BCUT2D eigenvalue weighted by molar-refractivity contribution is -0.124. The van der Waals surface area contributed by atoms with Crippen LogP contribution >= 0.6 is 28.3 Å². The van der Waals surface area contributed by atoms with Crippen molar-refractivity contribution in [3.05, 3.63) is 46.7 Å². The number of rotatable bonds is 4. The van der Waals surface area contributed by atoms with Gasteiger partial charge in [0, 0.05) is 30.1 Å². The molecule has 8 heteroatoms. The minimum atomic E-state index is -0.882. The Kier molecular flexibility index (Phi) is 6.40. The van der Waals surface area contributed by atoms with Gasteiger partial charge in [0.15, 0.2) is 0 Å². The van der Waals surface area contributed by atoms with E-state index in [9.17, 15) is 4.79 Å². The van der Waals surface area contributed by atoms with E-state index in [1.807, 2.05) is 35.0 Å². The third-order valence-corrected chi connectivity index (χ3v) is 4.57. The van der Waals surface area contributed by atoms with Gasteiger partial charge in [0.05, 0.1) is 6.54 Å². The van der Waals surface area contributed by atoms with Crippen molar-refractivity contribution in [3.8, 4) is 0 Å². The molecule has 0 aliphatic carbocycles. The Bertz CT molecular complexity index is 684. The van der Waals surface area contributed by atoms with Crippen LogP contribution in [-0.4, -0.2) is 34.2 Å². The molecular weight excluding hydrogens is 396 g/mol. The summed E-state index contributed by atoms with van der Waals surface area (Å²) in [6.07, 6.45) is 4.55. The topological polar surface area (TPSA) is 82.2 Å². The summed E-state index contributed by atoms with van der Waals surface area (Å²) in [5.74, 6) is 0.304. The molecule has 1 aromatic heterocycles. The van der Waals surface area contributed by atoms with Crippen LogP contribution in [0.1, 0.15) is 18.4 Å². The maximum Gasteiger partial charge on any atom is 0.246 e. The first-order valence-corrected chi connectivity index (χ1v) is 8.30. The van der Waals surface area contributed by atoms with E-state index in [0.717, 1.165) is 10.0 Å². The fourth-order valence-electron chi connectivity index (χ4n) is 2.54. The van der Waals surface area contributed by atoms with Gasteiger partial charge in [-0.1, -0.05) is 28.1 Å². The zero-order valence-electron chi connectivity index (χ0n) is 13.1. The van der Waals surface area contributed by atoms with Crippen LogP contribution in [0.25, 0.3) is 0 Å². The molecule has 1 aliphatic rings. The summed E-state index contributed by atoms with van der Waals surface area (Å²) < 4.78 is 8.20. The van der Waals surface area contributed by atoms with E-state index in [2.05, 4.69) is 26.2 Å². The largest absolute Gasteiger partial charge is 0.381 e. The minimum Gasteiger partial charge on any atom is -0.381 e. The molecule has 3 rings (SSSR count). The zero-order valence-corrected chi connectivity index (χ0v) is 15.5. The number of nitrogens with one attached hydrogen (secondary N) is 1. The number of hydrogen-bond acceptors (Lipinski definition) is 4. The molecule has 1 aliphatic heterocycles. The van der Waals surface area contributed by atoms with Crippen LogP contribution in [0.4, 0.5) is 5.95 Å². The normalized spacial score (nSPS) is 16.2. The summed E-state index contributed by atoms with van der Waals surface area (Å²) in [4.78, 5) is 16.7. The second kappa shape index (κ2) is 8.11. The number of ether oxygens (including phenoxy) is 1. The molecule has 1 amide bonds. The Morgan fingerprint density at radius 2 is 2.00 bits per heavy atom. The Labute approximate surface area is 155 Å². The van der Waals surface area contributed by atoms with Crippen LogP contribution in [0.3, 0.4) is 0 Å². The standard InChI is InChI=1S/C16H19BrN4O2.ClH/c17-13-3-1-12(2-4-13)11-21-8-7-19-15(21)20-14(22)16(18)5-9-23-10-6-16;/h1-4,7-8H,5-6,9-11,18H2,(H,19,20,22);1H. The van der Waals surface area contributed by atoms with Gasteiger partial charge in [0.2, 0.25) is 11.9 Å². The Morgan fingerprint density at radius 3 is 2.67 bits per heavy atom. The van der Waals surface area contributed by atoms with Gasteiger partial charge in [0.1, 0.15) is 5.54 Å². The van der Waals surface area contributed by atoms with Gasteiger partial charge >= 0.3 is 0 Å². The molecule has 0 bridgehead atoms. The summed E-state index contributed by atoms with van der Waals surface area (Å²) in [7, 11) is 0. The molecule has 0 radical (unpaired) electrons. The van der Waals surface area contributed by atoms with E-state index >= 15 is 0 Å². The molecule has 1 fully saturated rings. The molecule has 1 saturated heterocycles. The Morgan fingerprint density at radius 1 is 1.33 bits per heavy atom. The third-order valence-electron chi connectivity index (χ3n) is 4.04. The highest BCUT2D eigenvalue weighted by molar-refractivity contribution is 9.10. The summed E-state index contributed by atoms with van der Waals surface area (Å²) in [5.41, 5.74) is 6.44. The van der Waals surface area contributed by atoms with Crippen LogP contribution in [0.5, 0.6) is 0 Å². The number of aromatic nitrogens is 2. The minimum absolute atomic E-state index is 0. The number of anilines is 1. The number of amides is 1. The highest BCUT2D eigenvalue weighted by atomic mass is 79.9. The SMILES string of the molecule is Cl.NC1(C(=O)Nc2nccn2Cc2ccc(Br)cc2)CCOCC1. The number of carbonyl (C=O) groups is 1. The van der Waals surface area contributed by atoms with Crippen molar-refractivity contribution in [1.82, 2.24) is 9.55 Å². The summed E-state index contributed by atoms with van der Waals surface area (Å²) >= 11 is 3.42. The molecule has 1 aromatic carbocycles. The highest BCUT2D eigenvalue weighted by Gasteiger charge is 2.36. The number of carbonyl (C=O) groups excluding carboxylic acids is 1. The second-order valence-corrected chi connectivity index (χ2v) is 6.64. The van der Waals surface area contributed by atoms with Crippen molar-refractivity contribution in [1.29, 1.82) is 0 Å². The first kappa shape index (κ1) is 18.9. The lowest BCUT2D eigenvalue weighted by Crippen LogP contribution is -2.54. The lowest BCUT2D eigenvalue weighted by Gasteiger charge is -2.31. The van der Waals surface area contributed by atoms with Crippen LogP contribution in [0.15, 0.2) is 41.1 Å². The molecule has 24 heavy (non-hydrogen) atoms. The molecule has 3 N–H and O–H groups in total.